The fraction of sp³-hybridized carbons (Fsp3) is 0.176. The Bertz CT molecular complexity index is 624. The van der Waals surface area contributed by atoms with Gasteiger partial charge in [-0.3, -0.25) is 4.79 Å². The quantitative estimate of drug-likeness (QED) is 0.794. The number of amides is 3. The highest BCUT2D eigenvalue weighted by atomic mass is 16.2. The minimum Gasteiger partial charge on any atom is -0.334 e. The van der Waals surface area contributed by atoms with Crippen molar-refractivity contribution in [1.82, 2.24) is 10.6 Å². The number of benzene rings is 2. The van der Waals surface area contributed by atoms with Crippen LogP contribution in [-0.4, -0.2) is 11.9 Å². The van der Waals surface area contributed by atoms with Crippen molar-refractivity contribution in [2.24, 2.45) is 0 Å². The number of nitrogens with one attached hydrogen (secondary N) is 3. The summed E-state index contributed by atoms with van der Waals surface area (Å²) in [7, 11) is 0. The van der Waals surface area contributed by atoms with Crippen molar-refractivity contribution in [3.63, 3.8) is 0 Å². The molecular formula is C17H19N3O2. The molecule has 5 heteroatoms. The topological polar surface area (TPSA) is 70.2 Å². The molecule has 0 aliphatic heterocycles. The lowest BCUT2D eigenvalue weighted by Gasteiger charge is -2.08. The second-order valence-electron chi connectivity index (χ2n) is 4.90. The lowest BCUT2D eigenvalue weighted by molar-refractivity contribution is -0.114. The molecule has 0 saturated heterocycles. The van der Waals surface area contributed by atoms with Gasteiger partial charge in [-0.05, 0) is 23.3 Å². The third kappa shape index (κ3) is 5.28. The monoisotopic (exact) mass is 297 g/mol. The zero-order valence-corrected chi connectivity index (χ0v) is 12.4. The Morgan fingerprint density at radius 2 is 1.36 bits per heavy atom. The van der Waals surface area contributed by atoms with Crippen molar-refractivity contribution in [1.29, 1.82) is 0 Å². The third-order valence-electron chi connectivity index (χ3n) is 3.02. The zero-order chi connectivity index (χ0) is 15.8. The van der Waals surface area contributed by atoms with Gasteiger partial charge in [-0.25, -0.2) is 4.79 Å². The fourth-order valence-corrected chi connectivity index (χ4v) is 1.93. The molecule has 0 atom stereocenters. The summed E-state index contributed by atoms with van der Waals surface area (Å²) in [6, 6.07) is 16.9. The Morgan fingerprint density at radius 1 is 0.818 bits per heavy atom. The molecule has 0 fully saturated rings. The summed E-state index contributed by atoms with van der Waals surface area (Å²) in [5.41, 5.74) is 2.76. The zero-order valence-electron chi connectivity index (χ0n) is 12.4. The Morgan fingerprint density at radius 3 is 1.91 bits per heavy atom. The number of carbonyl (C=O) groups excluding carboxylic acids is 2. The second kappa shape index (κ2) is 7.83. The van der Waals surface area contributed by atoms with Crippen molar-refractivity contribution < 1.29 is 9.59 Å². The van der Waals surface area contributed by atoms with Crippen LogP contribution in [0, 0.1) is 0 Å². The van der Waals surface area contributed by atoms with E-state index in [0.29, 0.717) is 13.1 Å². The molecule has 2 aromatic carbocycles. The van der Waals surface area contributed by atoms with E-state index in [9.17, 15) is 9.59 Å². The Hall–Kier alpha value is -2.82. The highest BCUT2D eigenvalue weighted by Crippen LogP contribution is 2.09. The van der Waals surface area contributed by atoms with Gasteiger partial charge in [0.15, 0.2) is 0 Å². The van der Waals surface area contributed by atoms with Crippen molar-refractivity contribution in [3.8, 4) is 0 Å². The molecule has 5 nitrogen and oxygen atoms in total. The summed E-state index contributed by atoms with van der Waals surface area (Å²) >= 11 is 0. The molecule has 0 radical (unpaired) electrons. The molecule has 3 N–H and O–H groups in total. The minimum atomic E-state index is -0.213. The van der Waals surface area contributed by atoms with Crippen LogP contribution >= 0.6 is 0 Å². The van der Waals surface area contributed by atoms with Gasteiger partial charge in [0.05, 0.1) is 0 Å². The van der Waals surface area contributed by atoms with Crippen molar-refractivity contribution in [3.05, 3.63) is 65.7 Å². The van der Waals surface area contributed by atoms with E-state index in [1.165, 1.54) is 6.92 Å². The van der Waals surface area contributed by atoms with E-state index < -0.39 is 0 Å². The molecule has 0 aliphatic carbocycles. The molecule has 2 rings (SSSR count). The average Bonchev–Trinajstić information content (AvgIpc) is 2.53. The molecule has 3 amide bonds. The highest BCUT2D eigenvalue weighted by Gasteiger charge is 2.01. The number of hydrogen-bond donors (Lipinski definition) is 3. The van der Waals surface area contributed by atoms with Crippen LogP contribution < -0.4 is 16.0 Å². The summed E-state index contributed by atoms with van der Waals surface area (Å²) < 4.78 is 0. The van der Waals surface area contributed by atoms with Crippen LogP contribution in [0.15, 0.2) is 54.6 Å². The van der Waals surface area contributed by atoms with Gasteiger partial charge >= 0.3 is 6.03 Å². The second-order valence-corrected chi connectivity index (χ2v) is 4.90. The van der Waals surface area contributed by atoms with Gasteiger partial charge in [-0.15, -0.1) is 0 Å². The first kappa shape index (κ1) is 15.6. The number of anilines is 1. The van der Waals surface area contributed by atoms with Gasteiger partial charge < -0.3 is 16.0 Å². The average molecular weight is 297 g/mol. The normalized spacial score (nSPS) is 9.86. The molecule has 0 unspecified atom stereocenters. The van der Waals surface area contributed by atoms with E-state index in [1.807, 2.05) is 42.5 Å². The number of urea groups is 1. The lowest BCUT2D eigenvalue weighted by atomic mass is 10.2. The van der Waals surface area contributed by atoms with E-state index >= 15 is 0 Å². The maximum Gasteiger partial charge on any atom is 0.315 e. The molecule has 0 heterocycles. The van der Waals surface area contributed by atoms with Crippen LogP contribution in [0.1, 0.15) is 18.1 Å². The summed E-state index contributed by atoms with van der Waals surface area (Å²) in [4.78, 5) is 22.6. The summed E-state index contributed by atoms with van der Waals surface area (Å²) in [6.45, 7) is 2.39. The SMILES string of the molecule is CC(=O)Nc1ccc(CNC(=O)NCc2ccccc2)cc1. The van der Waals surface area contributed by atoms with E-state index in [-0.39, 0.29) is 11.9 Å². The Labute approximate surface area is 129 Å². The smallest absolute Gasteiger partial charge is 0.315 e. The maximum absolute atomic E-state index is 11.7. The molecule has 0 spiro atoms. The van der Waals surface area contributed by atoms with Crippen LogP contribution in [0.25, 0.3) is 0 Å². The van der Waals surface area contributed by atoms with Crippen LogP contribution in [0.3, 0.4) is 0 Å². The van der Waals surface area contributed by atoms with Crippen molar-refractivity contribution >= 4 is 17.6 Å². The number of carbonyl (C=O) groups is 2. The molecule has 0 aromatic heterocycles. The van der Waals surface area contributed by atoms with Gasteiger partial charge in [-0.1, -0.05) is 42.5 Å². The number of hydrogen-bond acceptors (Lipinski definition) is 2. The standard InChI is InChI=1S/C17H19N3O2/c1-13(21)20-16-9-7-15(8-10-16)12-19-17(22)18-11-14-5-3-2-4-6-14/h2-10H,11-12H2,1H3,(H,20,21)(H2,18,19,22). The summed E-state index contributed by atoms with van der Waals surface area (Å²) in [5.74, 6) is -0.105. The first-order valence-corrected chi connectivity index (χ1v) is 7.05. The van der Waals surface area contributed by atoms with E-state index in [4.69, 9.17) is 0 Å². The van der Waals surface area contributed by atoms with Crippen molar-refractivity contribution in [2.45, 2.75) is 20.0 Å². The molecule has 0 aliphatic rings. The van der Waals surface area contributed by atoms with Crippen LogP contribution in [0.2, 0.25) is 0 Å². The predicted octanol–water partition coefficient (Wildman–Crippen LogP) is 2.64. The number of rotatable bonds is 5. The van der Waals surface area contributed by atoms with Gasteiger partial charge in [0.25, 0.3) is 0 Å². The van der Waals surface area contributed by atoms with E-state index in [0.717, 1.165) is 16.8 Å². The Kier molecular flexibility index (Phi) is 5.54. The van der Waals surface area contributed by atoms with Gasteiger partial charge in [0, 0.05) is 25.7 Å². The first-order chi connectivity index (χ1) is 10.6. The van der Waals surface area contributed by atoms with Crippen LogP contribution in [0.4, 0.5) is 10.5 Å². The highest BCUT2D eigenvalue weighted by molar-refractivity contribution is 5.88. The first-order valence-electron chi connectivity index (χ1n) is 7.05. The largest absolute Gasteiger partial charge is 0.334 e. The molecule has 0 saturated carbocycles. The summed E-state index contributed by atoms with van der Waals surface area (Å²) in [6.07, 6.45) is 0. The molecule has 2 aromatic rings. The van der Waals surface area contributed by atoms with Crippen molar-refractivity contribution in [2.75, 3.05) is 5.32 Å². The van der Waals surface area contributed by atoms with Crippen LogP contribution in [0.5, 0.6) is 0 Å². The van der Waals surface area contributed by atoms with Gasteiger partial charge in [0.2, 0.25) is 5.91 Å². The van der Waals surface area contributed by atoms with Crippen LogP contribution in [-0.2, 0) is 17.9 Å². The molecule has 114 valence electrons. The summed E-state index contributed by atoms with van der Waals surface area (Å²) in [5, 5.41) is 8.29. The lowest BCUT2D eigenvalue weighted by Crippen LogP contribution is -2.34. The molecule has 0 bridgehead atoms. The molecule has 22 heavy (non-hydrogen) atoms. The Balaban J connectivity index is 1.75. The van der Waals surface area contributed by atoms with E-state index in [2.05, 4.69) is 16.0 Å². The van der Waals surface area contributed by atoms with E-state index in [1.54, 1.807) is 12.1 Å². The fourth-order valence-electron chi connectivity index (χ4n) is 1.93. The van der Waals surface area contributed by atoms with Gasteiger partial charge in [-0.2, -0.15) is 0 Å². The predicted molar refractivity (Wildman–Crippen MR) is 86.3 cm³/mol. The minimum absolute atomic E-state index is 0.105. The maximum atomic E-state index is 11.7. The molecular weight excluding hydrogens is 278 g/mol. The third-order valence-corrected chi connectivity index (χ3v) is 3.02. The van der Waals surface area contributed by atoms with Gasteiger partial charge in [0.1, 0.15) is 0 Å².